The van der Waals surface area contributed by atoms with Gasteiger partial charge in [0.2, 0.25) is 17.7 Å². The van der Waals surface area contributed by atoms with Gasteiger partial charge in [0.15, 0.2) is 11.9 Å². The number of hydrogen-bond donors (Lipinski definition) is 10. The quantitative estimate of drug-likeness (QED) is 0.0421. The summed E-state index contributed by atoms with van der Waals surface area (Å²) in [6.45, 7) is 0.132. The molecule has 0 saturated heterocycles. The first-order valence-corrected chi connectivity index (χ1v) is 16.1. The number of nitrogens with one attached hydrogen (secondary N) is 3. The summed E-state index contributed by atoms with van der Waals surface area (Å²) in [6, 6.07) is 9.86. The van der Waals surface area contributed by atoms with Crippen LogP contribution in [-0.2, 0) is 36.8 Å². The molecule has 2 aromatic rings. The Labute approximate surface area is 289 Å². The minimum absolute atomic E-state index is 0.00446. The van der Waals surface area contributed by atoms with Crippen LogP contribution in [0.15, 0.2) is 64.6 Å². The highest BCUT2D eigenvalue weighted by atomic mass is 16.4. The molecule has 2 rings (SSSR count). The lowest BCUT2D eigenvalue weighted by molar-refractivity contribution is -0.142. The second-order valence-corrected chi connectivity index (χ2v) is 11.6. The average molecular weight is 698 g/mol. The number of benzene rings is 2. The number of carboxylic acid groups (broad SMARTS) is 2. The minimum atomic E-state index is -1.29. The van der Waals surface area contributed by atoms with E-state index in [2.05, 4.69) is 25.9 Å². The number of aromatic hydroxyl groups is 1. The SMILES string of the molecule is NC(N)=NCCC[C@@H](NC(=O)[C@H](Cc1ccc(O)cc1)N=C(N)N)C(=O)N[C@@H](Cc1ccccc1)C(=O)N[C@H](CCCCCC(=O)O)C(=O)O. The predicted octanol–water partition coefficient (Wildman–Crippen LogP) is -0.553. The third-order valence-electron chi connectivity index (χ3n) is 7.46. The molecule has 0 spiro atoms. The molecule has 0 aromatic heterocycles. The zero-order valence-electron chi connectivity index (χ0n) is 27.7. The number of hydrogen-bond acceptors (Lipinski definition) is 8. The van der Waals surface area contributed by atoms with Gasteiger partial charge in [-0.25, -0.2) is 9.79 Å². The summed E-state index contributed by atoms with van der Waals surface area (Å²) in [5.41, 5.74) is 23.3. The second-order valence-electron chi connectivity index (χ2n) is 11.6. The van der Waals surface area contributed by atoms with Crippen LogP contribution in [0.25, 0.3) is 0 Å². The molecule has 50 heavy (non-hydrogen) atoms. The van der Waals surface area contributed by atoms with Crippen LogP contribution in [0.5, 0.6) is 5.75 Å². The molecule has 4 atom stereocenters. The number of carbonyl (C=O) groups is 5. The first kappa shape index (κ1) is 40.3. The van der Waals surface area contributed by atoms with Crippen LogP contribution in [0.3, 0.4) is 0 Å². The summed E-state index contributed by atoms with van der Waals surface area (Å²) >= 11 is 0. The summed E-state index contributed by atoms with van der Waals surface area (Å²) in [5, 5.41) is 36.1. The second kappa shape index (κ2) is 21.2. The minimum Gasteiger partial charge on any atom is -0.508 e. The number of unbranched alkanes of at least 4 members (excludes halogenated alkanes) is 2. The molecule has 17 nitrogen and oxygen atoms in total. The maximum absolute atomic E-state index is 13.8. The van der Waals surface area contributed by atoms with Gasteiger partial charge in [0.25, 0.3) is 0 Å². The van der Waals surface area contributed by atoms with Crippen molar-refractivity contribution < 1.29 is 39.3 Å². The van der Waals surface area contributed by atoms with Crippen molar-refractivity contribution in [1.82, 2.24) is 16.0 Å². The van der Waals surface area contributed by atoms with E-state index in [1.165, 1.54) is 12.1 Å². The number of guanidine groups is 2. The van der Waals surface area contributed by atoms with Gasteiger partial charge >= 0.3 is 11.9 Å². The van der Waals surface area contributed by atoms with Crippen LogP contribution in [0.4, 0.5) is 0 Å². The molecule has 2 aromatic carbocycles. The molecule has 0 heterocycles. The van der Waals surface area contributed by atoms with Crippen LogP contribution in [0.1, 0.15) is 56.1 Å². The van der Waals surface area contributed by atoms with Crippen LogP contribution >= 0.6 is 0 Å². The molecule has 0 aliphatic heterocycles. The molecule has 17 heteroatoms. The fourth-order valence-electron chi connectivity index (χ4n) is 4.94. The Morgan fingerprint density at radius 1 is 0.640 bits per heavy atom. The van der Waals surface area contributed by atoms with Crippen LogP contribution in [-0.4, -0.2) is 87.6 Å². The van der Waals surface area contributed by atoms with E-state index in [9.17, 15) is 34.2 Å². The number of aliphatic carboxylic acids is 2. The Kier molecular flexibility index (Phi) is 17.1. The molecule has 0 saturated carbocycles. The van der Waals surface area contributed by atoms with Crippen molar-refractivity contribution in [2.45, 2.75) is 82.0 Å². The largest absolute Gasteiger partial charge is 0.508 e. The number of phenolic OH excluding ortho intramolecular Hbond substituents is 1. The molecule has 0 unspecified atom stereocenters. The first-order chi connectivity index (χ1) is 23.7. The summed E-state index contributed by atoms with van der Waals surface area (Å²) in [6.07, 6.45) is 1.46. The van der Waals surface area contributed by atoms with Gasteiger partial charge < -0.3 is 54.2 Å². The van der Waals surface area contributed by atoms with Crippen LogP contribution in [0.2, 0.25) is 0 Å². The summed E-state index contributed by atoms with van der Waals surface area (Å²) in [4.78, 5) is 71.6. The molecular formula is C33H47N9O8. The molecular weight excluding hydrogens is 650 g/mol. The Balaban J connectivity index is 2.30. The van der Waals surface area contributed by atoms with Gasteiger partial charge in [-0.3, -0.25) is 24.2 Å². The molecule has 3 amide bonds. The van der Waals surface area contributed by atoms with E-state index < -0.39 is 53.8 Å². The van der Waals surface area contributed by atoms with Crippen molar-refractivity contribution in [2.24, 2.45) is 32.9 Å². The van der Waals surface area contributed by atoms with Crippen molar-refractivity contribution in [2.75, 3.05) is 6.54 Å². The van der Waals surface area contributed by atoms with E-state index in [0.29, 0.717) is 30.4 Å². The van der Waals surface area contributed by atoms with Crippen molar-refractivity contribution in [1.29, 1.82) is 0 Å². The predicted molar refractivity (Wildman–Crippen MR) is 186 cm³/mol. The Hall–Kier alpha value is -5.87. The lowest BCUT2D eigenvalue weighted by Gasteiger charge is -2.25. The maximum atomic E-state index is 13.8. The summed E-state index contributed by atoms with van der Waals surface area (Å²) in [7, 11) is 0. The number of phenols is 1. The molecule has 0 aliphatic carbocycles. The van der Waals surface area contributed by atoms with E-state index in [4.69, 9.17) is 28.0 Å². The van der Waals surface area contributed by atoms with Gasteiger partial charge in [0, 0.05) is 25.8 Å². The van der Waals surface area contributed by atoms with E-state index >= 15 is 0 Å². The lowest BCUT2D eigenvalue weighted by atomic mass is 10.0. The Morgan fingerprint density at radius 3 is 1.82 bits per heavy atom. The van der Waals surface area contributed by atoms with Crippen LogP contribution < -0.4 is 38.9 Å². The third-order valence-corrected chi connectivity index (χ3v) is 7.46. The Bertz CT molecular complexity index is 1480. The normalized spacial score (nSPS) is 13.0. The highest BCUT2D eigenvalue weighted by molar-refractivity contribution is 5.95. The fraction of sp³-hybridized carbons (Fsp3) is 0.424. The van der Waals surface area contributed by atoms with Gasteiger partial charge in [0.05, 0.1) is 0 Å². The summed E-state index contributed by atoms with van der Waals surface area (Å²) in [5.74, 6) is -4.96. The third kappa shape index (κ3) is 15.8. The van der Waals surface area contributed by atoms with Crippen molar-refractivity contribution in [3.63, 3.8) is 0 Å². The van der Waals surface area contributed by atoms with E-state index in [1.54, 1.807) is 42.5 Å². The standard InChI is InChI=1S/C33H47N9O8/c34-32(35)38-17-7-11-23(39-30(48)26(42-33(36)37)19-21-13-15-22(43)16-14-21)28(46)41-25(18-20-8-3-1-4-9-20)29(47)40-24(31(49)50)10-5-2-6-12-27(44)45/h1,3-4,8-9,13-16,23-26,43H,2,5-7,10-12,17-19H2,(H,39,48)(H,40,47)(H,41,46)(H,44,45)(H,49,50)(H4,34,35,38)(H4,36,37,42)/t23-,24-,25+,26+/m1/s1. The number of aliphatic imine (C=N–C) groups is 2. The number of carboxylic acids is 2. The van der Waals surface area contributed by atoms with E-state index in [1.807, 2.05) is 0 Å². The smallest absolute Gasteiger partial charge is 0.326 e. The fourth-order valence-corrected chi connectivity index (χ4v) is 4.94. The monoisotopic (exact) mass is 697 g/mol. The lowest BCUT2D eigenvalue weighted by Crippen LogP contribution is -2.57. The number of nitrogens with two attached hydrogens (primary N) is 4. The average Bonchev–Trinajstić information content (AvgIpc) is 3.05. The molecule has 0 bridgehead atoms. The Morgan fingerprint density at radius 2 is 1.22 bits per heavy atom. The van der Waals surface area contributed by atoms with Gasteiger partial charge in [-0.05, 0) is 48.9 Å². The van der Waals surface area contributed by atoms with Gasteiger partial charge in [-0.1, -0.05) is 55.3 Å². The number of nitrogens with zero attached hydrogens (tertiary/aromatic N) is 2. The zero-order chi connectivity index (χ0) is 37.1. The van der Waals surface area contributed by atoms with Gasteiger partial charge in [-0.15, -0.1) is 0 Å². The highest BCUT2D eigenvalue weighted by Gasteiger charge is 2.31. The van der Waals surface area contributed by atoms with Crippen molar-refractivity contribution in [3.05, 3.63) is 65.7 Å². The number of carbonyl (C=O) groups excluding carboxylic acids is 3. The molecule has 14 N–H and O–H groups in total. The van der Waals surface area contributed by atoms with Crippen molar-refractivity contribution in [3.8, 4) is 5.75 Å². The van der Waals surface area contributed by atoms with Gasteiger partial charge in [-0.2, -0.15) is 0 Å². The van der Waals surface area contributed by atoms with E-state index in [-0.39, 0.29) is 62.7 Å². The molecule has 0 aliphatic rings. The molecule has 0 radical (unpaired) electrons. The van der Waals surface area contributed by atoms with Gasteiger partial charge in [0.1, 0.15) is 29.9 Å². The van der Waals surface area contributed by atoms with Crippen LogP contribution in [0, 0.1) is 0 Å². The highest BCUT2D eigenvalue weighted by Crippen LogP contribution is 2.14. The van der Waals surface area contributed by atoms with Crippen molar-refractivity contribution >= 4 is 41.6 Å². The zero-order valence-corrected chi connectivity index (χ0v) is 27.7. The van der Waals surface area contributed by atoms with E-state index in [0.717, 1.165) is 0 Å². The molecule has 272 valence electrons. The topological polar surface area (TPSA) is 311 Å². The maximum Gasteiger partial charge on any atom is 0.326 e. The number of rotatable bonds is 22. The number of amides is 3. The summed E-state index contributed by atoms with van der Waals surface area (Å²) < 4.78 is 0. The first-order valence-electron chi connectivity index (χ1n) is 16.1. The molecule has 0 fully saturated rings.